The monoisotopic (exact) mass is 737 g/mol. The van der Waals surface area contributed by atoms with E-state index >= 15 is 4.79 Å². The Hall–Kier alpha value is -3.28. The zero-order valence-corrected chi connectivity index (χ0v) is 32.1. The minimum absolute atomic E-state index is 0.0829. The van der Waals surface area contributed by atoms with Gasteiger partial charge < -0.3 is 30.5 Å². The molecule has 0 amide bonds. The third kappa shape index (κ3) is 4.79. The number of nitrogens with zero attached hydrogens (tertiary/aromatic N) is 1. The van der Waals surface area contributed by atoms with Crippen LogP contribution in [0.5, 0.6) is 5.75 Å². The highest BCUT2D eigenvalue weighted by molar-refractivity contribution is 7.99. The number of aliphatic hydroxyl groups excluding tert-OH is 2. The molecule has 272 valence electrons. The van der Waals surface area contributed by atoms with Crippen molar-refractivity contribution in [2.45, 2.75) is 88.3 Å². The van der Waals surface area contributed by atoms with Crippen LogP contribution in [0.1, 0.15) is 74.3 Å². The third-order valence-corrected chi connectivity index (χ3v) is 14.8. The normalized spacial score (nSPS) is 20.0. The van der Waals surface area contributed by atoms with Gasteiger partial charge >= 0.3 is 0 Å². The maximum atomic E-state index is 15.4. The van der Waals surface area contributed by atoms with Crippen LogP contribution < -0.4 is 26.2 Å². The summed E-state index contributed by atoms with van der Waals surface area (Å²) < 4.78 is 6.04. The predicted octanol–water partition coefficient (Wildman–Crippen LogP) is 7.33. The zero-order chi connectivity index (χ0) is 36.0. The summed E-state index contributed by atoms with van der Waals surface area (Å²) in [6, 6.07) is 0.596. The van der Waals surface area contributed by atoms with Gasteiger partial charge in [-0.3, -0.25) is 9.59 Å². The van der Waals surface area contributed by atoms with Crippen LogP contribution in [-0.4, -0.2) is 65.9 Å². The number of rotatable bonds is 8. The van der Waals surface area contributed by atoms with Gasteiger partial charge in [0.25, 0.3) is 0 Å². The molecule has 0 aromatic heterocycles. The molecule has 5 aromatic rings. The lowest BCUT2D eigenvalue weighted by Crippen LogP contribution is -2.38. The number of nitrogens with one attached hydrogen (secondary N) is 2. The molecule has 4 N–H and O–H groups in total. The molecule has 2 aliphatic carbocycles. The maximum absolute atomic E-state index is 15.4. The number of fused-ring (bicyclic) bond motifs is 5. The number of ether oxygens (including phenoxy) is 1. The molecule has 10 heteroatoms. The summed E-state index contributed by atoms with van der Waals surface area (Å²) in [5.41, 5.74) is 6.73. The molecule has 9 rings (SSSR count). The average molecular weight is 738 g/mol. The van der Waals surface area contributed by atoms with E-state index in [4.69, 9.17) is 4.74 Å². The fourth-order valence-electron chi connectivity index (χ4n) is 10.4. The van der Waals surface area contributed by atoms with Gasteiger partial charge in [-0.2, -0.15) is 0 Å². The molecule has 0 saturated heterocycles. The van der Waals surface area contributed by atoms with E-state index in [0.29, 0.717) is 41.4 Å². The number of aliphatic hydroxyl groups is 2. The molecule has 0 bridgehead atoms. The van der Waals surface area contributed by atoms with Gasteiger partial charge in [0.15, 0.2) is 11.2 Å². The molecule has 0 spiro atoms. The lowest BCUT2D eigenvalue weighted by molar-refractivity contribution is 0.148. The van der Waals surface area contributed by atoms with E-state index in [0.717, 1.165) is 150 Å². The van der Waals surface area contributed by atoms with Crippen molar-refractivity contribution >= 4 is 84.1 Å². The van der Waals surface area contributed by atoms with E-state index in [9.17, 15) is 15.0 Å². The van der Waals surface area contributed by atoms with Crippen LogP contribution in [-0.2, 0) is 26.1 Å². The van der Waals surface area contributed by atoms with Crippen molar-refractivity contribution in [3.05, 3.63) is 53.8 Å². The molecular formula is C42H47N3O5S2. The second-order valence-corrected chi connectivity index (χ2v) is 17.3. The summed E-state index contributed by atoms with van der Waals surface area (Å²) in [7, 11) is 1.58. The minimum Gasteiger partial charge on any atom is -0.492 e. The molecule has 5 aromatic carbocycles. The highest BCUT2D eigenvalue weighted by atomic mass is 32.2. The number of hydrogen-bond donors (Lipinski definition) is 4. The summed E-state index contributed by atoms with van der Waals surface area (Å²) in [6.07, 6.45) is 7.89. The van der Waals surface area contributed by atoms with Crippen molar-refractivity contribution in [1.82, 2.24) is 4.90 Å². The van der Waals surface area contributed by atoms with Crippen LogP contribution in [0, 0.1) is 5.92 Å². The number of hydrogen-bond acceptors (Lipinski definition) is 10. The largest absolute Gasteiger partial charge is 0.492 e. The first kappa shape index (κ1) is 34.5. The summed E-state index contributed by atoms with van der Waals surface area (Å²) in [5, 5.41) is 36.1. The zero-order valence-electron chi connectivity index (χ0n) is 30.5. The number of benzene rings is 5. The quantitative estimate of drug-likeness (QED) is 0.0955. The van der Waals surface area contributed by atoms with E-state index in [-0.39, 0.29) is 24.1 Å². The van der Waals surface area contributed by atoms with Crippen molar-refractivity contribution in [3.63, 3.8) is 0 Å². The summed E-state index contributed by atoms with van der Waals surface area (Å²) in [4.78, 5) is 34.5. The standard InChI is InChI=1S/C42H47N3O5S2/c1-5-45(6-2)22-9-7-21(8-10-22)17-24-23-15-20(3)16-25-29-28(23)32-30(26(18-46)41-36(34(32)38(24)48)43-11-13-51-41)31-27(19-47)42-37(44-12-14-52-42)35(33(29)31)39(49)40(25)50-4/h16,21-22,43-44,46-47H,5-15,17-19H2,1-4H3. The Labute approximate surface area is 312 Å². The van der Waals surface area contributed by atoms with Gasteiger partial charge in [0, 0.05) is 78.8 Å². The first-order chi connectivity index (χ1) is 25.4. The lowest BCUT2D eigenvalue weighted by Gasteiger charge is -2.36. The topological polar surface area (TPSA) is 111 Å². The molecule has 52 heavy (non-hydrogen) atoms. The fraction of sp³-hybridized carbons (Fsp3) is 0.476. The molecule has 2 aliphatic heterocycles. The lowest BCUT2D eigenvalue weighted by atomic mass is 9.77. The molecular weight excluding hydrogens is 691 g/mol. The van der Waals surface area contributed by atoms with E-state index in [2.05, 4.69) is 42.4 Å². The van der Waals surface area contributed by atoms with Gasteiger partial charge in [-0.1, -0.05) is 25.5 Å². The van der Waals surface area contributed by atoms with Crippen LogP contribution in [0.3, 0.4) is 0 Å². The molecule has 2 heterocycles. The van der Waals surface area contributed by atoms with Gasteiger partial charge in [-0.05, 0) is 86.2 Å². The summed E-state index contributed by atoms with van der Waals surface area (Å²) in [6.45, 7) is 9.68. The number of anilines is 2. The first-order valence-electron chi connectivity index (χ1n) is 19.0. The Morgan fingerprint density at radius 1 is 0.769 bits per heavy atom. The highest BCUT2D eigenvalue weighted by Crippen LogP contribution is 2.55. The Kier molecular flexibility index (Phi) is 8.78. The number of thioether (sulfide) groups is 2. The second-order valence-electron chi connectivity index (χ2n) is 15.1. The van der Waals surface area contributed by atoms with E-state index in [1.807, 2.05) is 0 Å². The van der Waals surface area contributed by atoms with Crippen LogP contribution in [0.25, 0.3) is 49.2 Å². The fourth-order valence-corrected chi connectivity index (χ4v) is 12.5. The van der Waals surface area contributed by atoms with Gasteiger partial charge in [0.2, 0.25) is 5.43 Å². The number of allylic oxidation sites excluding steroid dienone is 1. The molecule has 0 unspecified atom stereocenters. The second kappa shape index (κ2) is 13.2. The average Bonchev–Trinajstić information content (AvgIpc) is 3.32. The van der Waals surface area contributed by atoms with Crippen molar-refractivity contribution < 1.29 is 14.9 Å². The predicted molar refractivity (Wildman–Crippen MR) is 218 cm³/mol. The molecule has 1 saturated carbocycles. The summed E-state index contributed by atoms with van der Waals surface area (Å²) in [5.74, 6) is 2.32. The molecule has 1 fully saturated rings. The maximum Gasteiger partial charge on any atom is 0.230 e. The van der Waals surface area contributed by atoms with Crippen molar-refractivity contribution in [2.24, 2.45) is 5.92 Å². The first-order valence-corrected chi connectivity index (χ1v) is 21.0. The van der Waals surface area contributed by atoms with Crippen molar-refractivity contribution in [2.75, 3.05) is 55.4 Å². The van der Waals surface area contributed by atoms with E-state index < -0.39 is 0 Å². The third-order valence-electron chi connectivity index (χ3n) is 12.5. The van der Waals surface area contributed by atoms with Crippen LogP contribution in [0.4, 0.5) is 11.4 Å². The van der Waals surface area contributed by atoms with Gasteiger partial charge in [0.1, 0.15) is 0 Å². The van der Waals surface area contributed by atoms with Gasteiger partial charge in [-0.15, -0.1) is 23.5 Å². The smallest absolute Gasteiger partial charge is 0.230 e. The SMILES string of the molecule is CCN(CC)C1CCC(Cc2c3c4c5c(c(OC)c(=O)c6c7c(c(CO)c(c8c(CO)c9c(c(c2=O)c48)NCCS9)c65)SCCN7)C=C(C)C3)CC1. The van der Waals surface area contributed by atoms with E-state index in [1.165, 1.54) is 0 Å². The Morgan fingerprint density at radius 2 is 1.35 bits per heavy atom. The van der Waals surface area contributed by atoms with Crippen molar-refractivity contribution in [3.8, 4) is 5.75 Å². The van der Waals surface area contributed by atoms with Crippen molar-refractivity contribution in [1.29, 1.82) is 0 Å². The molecule has 0 radical (unpaired) electrons. The van der Waals surface area contributed by atoms with E-state index in [1.54, 1.807) is 30.6 Å². The van der Waals surface area contributed by atoms with Gasteiger partial charge in [0.05, 0.1) is 42.5 Å². The molecule has 0 atom stereocenters. The Bertz CT molecular complexity index is 2430. The van der Waals surface area contributed by atoms with Crippen LogP contribution in [0.2, 0.25) is 0 Å². The summed E-state index contributed by atoms with van der Waals surface area (Å²) >= 11 is 3.33. The Morgan fingerprint density at radius 3 is 1.90 bits per heavy atom. The number of methoxy groups -OCH3 is 1. The Balaban J connectivity index is 1.48. The minimum atomic E-state index is -0.234. The molecule has 8 nitrogen and oxygen atoms in total. The highest BCUT2D eigenvalue weighted by Gasteiger charge is 2.36. The van der Waals surface area contributed by atoms with Gasteiger partial charge in [-0.25, -0.2) is 0 Å². The van der Waals surface area contributed by atoms with Crippen LogP contribution in [0.15, 0.2) is 25.0 Å². The van der Waals surface area contributed by atoms with Crippen LogP contribution >= 0.6 is 23.5 Å². The molecule has 4 aliphatic rings.